The molecule has 0 aliphatic heterocycles. The molecule has 6 nitrogen and oxygen atoms in total. The fraction of sp³-hybridized carbons (Fsp3) is 0.300. The van der Waals surface area contributed by atoms with Crippen LogP contribution in [0.3, 0.4) is 0 Å². The van der Waals surface area contributed by atoms with Crippen molar-refractivity contribution >= 4 is 33.1 Å². The molecule has 0 unspecified atom stereocenters. The molecule has 1 amide bonds. The number of carbonyl (C=O) groups is 1. The van der Waals surface area contributed by atoms with Crippen molar-refractivity contribution in [1.29, 1.82) is 0 Å². The predicted octanol–water partition coefficient (Wildman–Crippen LogP) is 4.74. The van der Waals surface area contributed by atoms with E-state index in [0.29, 0.717) is 48.3 Å². The standard InChI is InChI=1S/C20H22N2O4S/c1-4-24-16-9-13(10-17(25-5-2)19(16)26-6-3)20(23)22-14-7-8-18-15(11-14)21-12-27-18/h7-12H,4-6H2,1-3H3,(H,22,23). The molecule has 0 atom stereocenters. The summed E-state index contributed by atoms with van der Waals surface area (Å²) in [5.41, 5.74) is 3.76. The number of nitrogens with one attached hydrogen (secondary N) is 1. The molecule has 0 bridgehead atoms. The number of ether oxygens (including phenoxy) is 3. The summed E-state index contributed by atoms with van der Waals surface area (Å²) in [5.74, 6) is 1.24. The first-order chi connectivity index (χ1) is 13.2. The van der Waals surface area contributed by atoms with Crippen molar-refractivity contribution in [3.63, 3.8) is 0 Å². The van der Waals surface area contributed by atoms with E-state index in [-0.39, 0.29) is 5.91 Å². The molecular formula is C20H22N2O4S. The highest BCUT2D eigenvalue weighted by Gasteiger charge is 2.18. The van der Waals surface area contributed by atoms with E-state index in [0.717, 1.165) is 10.2 Å². The van der Waals surface area contributed by atoms with Crippen LogP contribution in [-0.2, 0) is 0 Å². The highest BCUT2D eigenvalue weighted by molar-refractivity contribution is 7.16. The van der Waals surface area contributed by atoms with Gasteiger partial charge in [-0.05, 0) is 51.1 Å². The summed E-state index contributed by atoms with van der Waals surface area (Å²) < 4.78 is 18.1. The van der Waals surface area contributed by atoms with Gasteiger partial charge in [-0.2, -0.15) is 0 Å². The molecule has 7 heteroatoms. The number of thiazole rings is 1. The van der Waals surface area contributed by atoms with Gasteiger partial charge < -0.3 is 19.5 Å². The average Bonchev–Trinajstić information content (AvgIpc) is 3.12. The lowest BCUT2D eigenvalue weighted by Gasteiger charge is -2.17. The maximum Gasteiger partial charge on any atom is 0.255 e. The van der Waals surface area contributed by atoms with Crippen LogP contribution in [0.1, 0.15) is 31.1 Å². The van der Waals surface area contributed by atoms with Crippen LogP contribution in [0.4, 0.5) is 5.69 Å². The van der Waals surface area contributed by atoms with Crippen molar-refractivity contribution in [3.05, 3.63) is 41.4 Å². The van der Waals surface area contributed by atoms with E-state index in [4.69, 9.17) is 14.2 Å². The number of benzene rings is 2. The van der Waals surface area contributed by atoms with Crippen LogP contribution in [0.25, 0.3) is 10.2 Å². The van der Waals surface area contributed by atoms with E-state index in [2.05, 4.69) is 10.3 Å². The largest absolute Gasteiger partial charge is 0.490 e. The van der Waals surface area contributed by atoms with Crippen molar-refractivity contribution in [2.45, 2.75) is 20.8 Å². The maximum atomic E-state index is 12.8. The lowest BCUT2D eigenvalue weighted by Crippen LogP contribution is -2.13. The van der Waals surface area contributed by atoms with Crippen molar-refractivity contribution in [3.8, 4) is 17.2 Å². The summed E-state index contributed by atoms with van der Waals surface area (Å²) in [5, 5.41) is 2.90. The number of hydrogen-bond donors (Lipinski definition) is 1. The minimum absolute atomic E-state index is 0.255. The van der Waals surface area contributed by atoms with Crippen molar-refractivity contribution in [2.75, 3.05) is 25.1 Å². The van der Waals surface area contributed by atoms with Gasteiger partial charge in [0.1, 0.15) is 0 Å². The van der Waals surface area contributed by atoms with Crippen LogP contribution >= 0.6 is 11.3 Å². The topological polar surface area (TPSA) is 69.7 Å². The van der Waals surface area contributed by atoms with E-state index in [9.17, 15) is 4.79 Å². The molecule has 1 aromatic heterocycles. The number of carbonyl (C=O) groups excluding carboxylic acids is 1. The van der Waals surface area contributed by atoms with Gasteiger partial charge in [0.25, 0.3) is 5.91 Å². The fourth-order valence-electron chi connectivity index (χ4n) is 2.66. The third-order valence-electron chi connectivity index (χ3n) is 3.76. The SMILES string of the molecule is CCOc1cc(C(=O)Nc2ccc3scnc3c2)cc(OCC)c1OCC. The van der Waals surface area contributed by atoms with Gasteiger partial charge in [0.15, 0.2) is 11.5 Å². The van der Waals surface area contributed by atoms with E-state index in [1.807, 2.05) is 39.0 Å². The Bertz CT molecular complexity index is 912. The summed E-state index contributed by atoms with van der Waals surface area (Å²) >= 11 is 1.56. The minimum Gasteiger partial charge on any atom is -0.490 e. The van der Waals surface area contributed by atoms with E-state index in [1.54, 1.807) is 29.0 Å². The Hall–Kier alpha value is -2.80. The lowest BCUT2D eigenvalue weighted by atomic mass is 10.1. The summed E-state index contributed by atoms with van der Waals surface area (Å²) in [6.07, 6.45) is 0. The normalized spacial score (nSPS) is 10.6. The van der Waals surface area contributed by atoms with Gasteiger partial charge in [-0.3, -0.25) is 4.79 Å². The third-order valence-corrected chi connectivity index (χ3v) is 4.57. The number of aromatic nitrogens is 1. The zero-order valence-corrected chi connectivity index (χ0v) is 16.4. The summed E-state index contributed by atoms with van der Waals surface area (Å²) in [6.45, 7) is 7.03. The molecule has 27 heavy (non-hydrogen) atoms. The maximum absolute atomic E-state index is 12.8. The van der Waals surface area contributed by atoms with Gasteiger partial charge in [0.2, 0.25) is 5.75 Å². The summed E-state index contributed by atoms with van der Waals surface area (Å²) in [6, 6.07) is 9.00. The first kappa shape index (κ1) is 19.0. The number of fused-ring (bicyclic) bond motifs is 1. The molecule has 142 valence electrons. The Balaban J connectivity index is 1.92. The molecule has 0 spiro atoms. The first-order valence-corrected chi connectivity index (χ1v) is 9.75. The number of rotatable bonds is 8. The number of hydrogen-bond acceptors (Lipinski definition) is 6. The molecule has 0 radical (unpaired) electrons. The van der Waals surface area contributed by atoms with Crippen LogP contribution in [0, 0.1) is 0 Å². The predicted molar refractivity (Wildman–Crippen MR) is 108 cm³/mol. The minimum atomic E-state index is -0.255. The Labute approximate surface area is 162 Å². The molecule has 0 saturated carbocycles. The van der Waals surface area contributed by atoms with Crippen LogP contribution in [0.5, 0.6) is 17.2 Å². The first-order valence-electron chi connectivity index (χ1n) is 8.87. The van der Waals surface area contributed by atoms with Gasteiger partial charge >= 0.3 is 0 Å². The zero-order valence-electron chi connectivity index (χ0n) is 15.6. The van der Waals surface area contributed by atoms with Crippen LogP contribution in [0.15, 0.2) is 35.8 Å². The Kier molecular flexibility index (Phi) is 6.13. The summed E-state index contributed by atoms with van der Waals surface area (Å²) in [4.78, 5) is 17.1. The molecule has 3 rings (SSSR count). The van der Waals surface area contributed by atoms with Crippen LogP contribution < -0.4 is 19.5 Å². The lowest BCUT2D eigenvalue weighted by molar-refractivity contribution is 0.102. The van der Waals surface area contributed by atoms with E-state index >= 15 is 0 Å². The number of anilines is 1. The van der Waals surface area contributed by atoms with Gasteiger partial charge in [0, 0.05) is 11.3 Å². The average molecular weight is 386 g/mol. The van der Waals surface area contributed by atoms with Crippen LogP contribution in [0.2, 0.25) is 0 Å². The summed E-state index contributed by atoms with van der Waals surface area (Å²) in [7, 11) is 0. The zero-order chi connectivity index (χ0) is 19.2. The van der Waals surface area contributed by atoms with E-state index in [1.165, 1.54) is 0 Å². The van der Waals surface area contributed by atoms with Crippen molar-refractivity contribution in [2.24, 2.45) is 0 Å². The van der Waals surface area contributed by atoms with Crippen molar-refractivity contribution < 1.29 is 19.0 Å². The Morgan fingerprint density at radius 1 is 1.00 bits per heavy atom. The number of amides is 1. The van der Waals surface area contributed by atoms with Crippen LogP contribution in [-0.4, -0.2) is 30.7 Å². The molecular weight excluding hydrogens is 364 g/mol. The van der Waals surface area contributed by atoms with Gasteiger partial charge in [-0.25, -0.2) is 4.98 Å². The molecule has 1 N–H and O–H groups in total. The molecule has 0 saturated heterocycles. The second-order valence-corrected chi connectivity index (χ2v) is 6.48. The second kappa shape index (κ2) is 8.73. The highest BCUT2D eigenvalue weighted by atomic mass is 32.1. The Morgan fingerprint density at radius 2 is 1.67 bits per heavy atom. The molecule has 0 aliphatic rings. The smallest absolute Gasteiger partial charge is 0.255 e. The molecule has 1 heterocycles. The van der Waals surface area contributed by atoms with Gasteiger partial charge in [-0.1, -0.05) is 0 Å². The van der Waals surface area contributed by atoms with E-state index < -0.39 is 0 Å². The highest BCUT2D eigenvalue weighted by Crippen LogP contribution is 2.39. The van der Waals surface area contributed by atoms with Gasteiger partial charge in [-0.15, -0.1) is 11.3 Å². The molecule has 0 fully saturated rings. The van der Waals surface area contributed by atoms with Gasteiger partial charge in [0.05, 0.1) is 35.5 Å². The quantitative estimate of drug-likeness (QED) is 0.605. The molecule has 0 aliphatic carbocycles. The molecule has 2 aromatic carbocycles. The number of nitrogens with zero attached hydrogens (tertiary/aromatic N) is 1. The monoisotopic (exact) mass is 386 g/mol. The fourth-order valence-corrected chi connectivity index (χ4v) is 3.32. The Morgan fingerprint density at radius 3 is 2.30 bits per heavy atom. The second-order valence-electron chi connectivity index (χ2n) is 5.59. The van der Waals surface area contributed by atoms with Crippen molar-refractivity contribution in [1.82, 2.24) is 4.98 Å². The third kappa shape index (κ3) is 4.31. The molecule has 3 aromatic rings.